The van der Waals surface area contributed by atoms with Crippen molar-refractivity contribution in [1.29, 1.82) is 0 Å². The molecule has 1 aliphatic heterocycles. The van der Waals surface area contributed by atoms with Crippen LogP contribution in [-0.4, -0.2) is 11.8 Å². The van der Waals surface area contributed by atoms with E-state index in [-0.39, 0.29) is 0 Å². The van der Waals surface area contributed by atoms with Gasteiger partial charge in [-0.2, -0.15) is 0 Å². The molecule has 58 valence electrons. The number of thioether (sulfide) groups is 1. The highest BCUT2D eigenvalue weighted by atomic mass is 32.2. The molecule has 0 fully saturated rings. The summed E-state index contributed by atoms with van der Waals surface area (Å²) in [6.07, 6.45) is 8.73. The van der Waals surface area contributed by atoms with E-state index < -0.39 is 0 Å². The van der Waals surface area contributed by atoms with Crippen LogP contribution in [0.15, 0.2) is 35.3 Å². The lowest BCUT2D eigenvalue weighted by Gasteiger charge is -2.20. The van der Waals surface area contributed by atoms with E-state index in [4.69, 9.17) is 5.73 Å². The second-order valence-electron chi connectivity index (χ2n) is 2.79. The van der Waals surface area contributed by atoms with E-state index in [0.717, 1.165) is 0 Å². The number of allylic oxidation sites excluding steroid dienone is 4. The monoisotopic (exact) mass is 165 g/mol. The normalized spacial score (nSPS) is 33.7. The fourth-order valence-electron chi connectivity index (χ4n) is 1.50. The molecule has 11 heavy (non-hydrogen) atoms. The minimum absolute atomic E-state index is 0.601. The van der Waals surface area contributed by atoms with Crippen LogP contribution in [0.1, 0.15) is 0 Å². The molecule has 2 rings (SSSR count). The van der Waals surface area contributed by atoms with Gasteiger partial charge in [-0.05, 0) is 11.0 Å². The third-order valence-corrected chi connectivity index (χ3v) is 3.34. The first kappa shape index (κ1) is 7.19. The summed E-state index contributed by atoms with van der Waals surface area (Å²) in [5.41, 5.74) is 6.98. The molecule has 0 spiro atoms. The van der Waals surface area contributed by atoms with E-state index in [1.165, 1.54) is 5.57 Å². The summed E-state index contributed by atoms with van der Waals surface area (Å²) in [4.78, 5) is 0. The largest absolute Gasteiger partial charge is 0.327 e. The standard InChI is InChI=1S/C9H11NS/c10-6-8-3-1-2-7-4-5-11-9(7)8/h1-5,7,9H,6,10H2. The number of nitrogens with two attached hydrogens (primary N) is 1. The summed E-state index contributed by atoms with van der Waals surface area (Å²) in [6, 6.07) is 0. The quantitative estimate of drug-likeness (QED) is 0.640. The van der Waals surface area contributed by atoms with Crippen LogP contribution in [-0.2, 0) is 0 Å². The Kier molecular flexibility index (Phi) is 1.88. The zero-order valence-corrected chi connectivity index (χ0v) is 7.05. The molecule has 2 aliphatic rings. The molecule has 2 N–H and O–H groups in total. The van der Waals surface area contributed by atoms with Gasteiger partial charge < -0.3 is 5.73 Å². The highest BCUT2D eigenvalue weighted by Crippen LogP contribution is 2.37. The van der Waals surface area contributed by atoms with Crippen molar-refractivity contribution in [1.82, 2.24) is 0 Å². The van der Waals surface area contributed by atoms with Crippen LogP contribution in [0.3, 0.4) is 0 Å². The Balaban J connectivity index is 2.23. The van der Waals surface area contributed by atoms with Crippen LogP contribution < -0.4 is 5.73 Å². The smallest absolute Gasteiger partial charge is 0.0410 e. The van der Waals surface area contributed by atoms with Crippen molar-refractivity contribution in [3.8, 4) is 0 Å². The molecule has 2 atom stereocenters. The average Bonchev–Trinajstić information content (AvgIpc) is 2.50. The van der Waals surface area contributed by atoms with E-state index in [2.05, 4.69) is 29.7 Å². The van der Waals surface area contributed by atoms with Crippen LogP contribution in [0.25, 0.3) is 0 Å². The average molecular weight is 165 g/mol. The lowest BCUT2D eigenvalue weighted by atomic mass is 9.94. The van der Waals surface area contributed by atoms with Gasteiger partial charge in [-0.3, -0.25) is 0 Å². The summed E-state index contributed by atoms with van der Waals surface area (Å²) in [7, 11) is 0. The van der Waals surface area contributed by atoms with Crippen LogP contribution in [0.5, 0.6) is 0 Å². The van der Waals surface area contributed by atoms with Crippen molar-refractivity contribution in [2.45, 2.75) is 5.25 Å². The van der Waals surface area contributed by atoms with Crippen molar-refractivity contribution >= 4 is 11.8 Å². The SMILES string of the molecule is NCC1=CC=CC2C=CSC12. The van der Waals surface area contributed by atoms with Crippen molar-refractivity contribution in [3.05, 3.63) is 35.3 Å². The zero-order valence-electron chi connectivity index (χ0n) is 6.23. The predicted octanol–water partition coefficient (Wildman–Crippen LogP) is 1.69. The van der Waals surface area contributed by atoms with Gasteiger partial charge in [0.15, 0.2) is 0 Å². The number of hydrogen-bond acceptors (Lipinski definition) is 2. The van der Waals surface area contributed by atoms with Gasteiger partial charge in [0.25, 0.3) is 0 Å². The maximum atomic E-state index is 5.62. The molecular weight excluding hydrogens is 154 g/mol. The van der Waals surface area contributed by atoms with Gasteiger partial charge in [-0.1, -0.05) is 24.3 Å². The molecule has 0 aromatic carbocycles. The van der Waals surface area contributed by atoms with E-state index in [1.54, 1.807) is 0 Å². The maximum Gasteiger partial charge on any atom is 0.0410 e. The van der Waals surface area contributed by atoms with Gasteiger partial charge in [-0.15, -0.1) is 11.8 Å². The first-order chi connectivity index (χ1) is 5.42. The van der Waals surface area contributed by atoms with Crippen LogP contribution in [0, 0.1) is 5.92 Å². The number of rotatable bonds is 1. The minimum atomic E-state index is 0.601. The van der Waals surface area contributed by atoms with Crippen molar-refractivity contribution in [2.24, 2.45) is 11.7 Å². The Bertz CT molecular complexity index is 240. The molecule has 0 saturated heterocycles. The molecule has 1 nitrogen and oxygen atoms in total. The minimum Gasteiger partial charge on any atom is -0.327 e. The lowest BCUT2D eigenvalue weighted by Crippen LogP contribution is -2.20. The molecule has 0 bridgehead atoms. The fraction of sp³-hybridized carbons (Fsp3) is 0.333. The molecule has 1 aliphatic carbocycles. The first-order valence-electron chi connectivity index (χ1n) is 3.81. The third kappa shape index (κ3) is 1.17. The summed E-state index contributed by atoms with van der Waals surface area (Å²) in [6.45, 7) is 0.695. The third-order valence-electron chi connectivity index (χ3n) is 2.12. The molecular formula is C9H11NS. The first-order valence-corrected chi connectivity index (χ1v) is 4.75. The molecule has 2 unspecified atom stereocenters. The molecule has 0 radical (unpaired) electrons. The topological polar surface area (TPSA) is 26.0 Å². The summed E-state index contributed by atoms with van der Waals surface area (Å²) >= 11 is 1.88. The molecule has 2 heteroatoms. The second-order valence-corrected chi connectivity index (χ2v) is 3.85. The number of fused-ring (bicyclic) bond motifs is 1. The molecule has 0 saturated carbocycles. The van der Waals surface area contributed by atoms with Crippen LogP contribution in [0.4, 0.5) is 0 Å². The van der Waals surface area contributed by atoms with Crippen molar-refractivity contribution in [2.75, 3.05) is 6.54 Å². The van der Waals surface area contributed by atoms with Gasteiger partial charge in [0.1, 0.15) is 0 Å². The Labute approximate surface area is 71.0 Å². The Morgan fingerprint density at radius 3 is 3.18 bits per heavy atom. The fourth-order valence-corrected chi connectivity index (χ4v) is 2.65. The lowest BCUT2D eigenvalue weighted by molar-refractivity contribution is 0.798. The molecule has 0 amide bonds. The Morgan fingerprint density at radius 1 is 1.45 bits per heavy atom. The van der Waals surface area contributed by atoms with Gasteiger partial charge >= 0.3 is 0 Å². The van der Waals surface area contributed by atoms with Gasteiger partial charge in [0.2, 0.25) is 0 Å². The van der Waals surface area contributed by atoms with Crippen molar-refractivity contribution in [3.63, 3.8) is 0 Å². The molecule has 0 aromatic rings. The van der Waals surface area contributed by atoms with Gasteiger partial charge in [0, 0.05) is 17.7 Å². The van der Waals surface area contributed by atoms with E-state index in [1.807, 2.05) is 11.8 Å². The van der Waals surface area contributed by atoms with Crippen LogP contribution >= 0.6 is 11.8 Å². The van der Waals surface area contributed by atoms with Gasteiger partial charge in [0.05, 0.1) is 0 Å². The van der Waals surface area contributed by atoms with E-state index in [0.29, 0.717) is 17.7 Å². The number of hydrogen-bond donors (Lipinski definition) is 1. The summed E-state index contributed by atoms with van der Waals surface area (Å²) < 4.78 is 0. The predicted molar refractivity (Wildman–Crippen MR) is 50.3 cm³/mol. The molecule has 1 heterocycles. The van der Waals surface area contributed by atoms with E-state index in [9.17, 15) is 0 Å². The van der Waals surface area contributed by atoms with Crippen LogP contribution in [0.2, 0.25) is 0 Å². The van der Waals surface area contributed by atoms with Gasteiger partial charge in [-0.25, -0.2) is 0 Å². The highest BCUT2D eigenvalue weighted by Gasteiger charge is 2.25. The summed E-state index contributed by atoms with van der Waals surface area (Å²) in [5, 5.41) is 2.78. The van der Waals surface area contributed by atoms with Crippen molar-refractivity contribution < 1.29 is 0 Å². The summed E-state index contributed by atoms with van der Waals surface area (Å²) in [5.74, 6) is 0.601. The Hall–Kier alpha value is -0.470. The highest BCUT2D eigenvalue weighted by molar-refractivity contribution is 8.03. The second kappa shape index (κ2) is 2.88. The zero-order chi connectivity index (χ0) is 7.68. The maximum absolute atomic E-state index is 5.62. The Morgan fingerprint density at radius 2 is 2.36 bits per heavy atom. The molecule has 0 aromatic heterocycles. The van der Waals surface area contributed by atoms with E-state index >= 15 is 0 Å².